The van der Waals surface area contributed by atoms with Crippen LogP contribution in [0.2, 0.25) is 0 Å². The van der Waals surface area contributed by atoms with Gasteiger partial charge in [0.15, 0.2) is 0 Å². The molecule has 1 aliphatic heterocycles. The minimum Gasteiger partial charge on any atom is -0.376 e. The number of carbonyl (C=O) groups is 1. The molecule has 2 heterocycles. The maximum atomic E-state index is 11.3. The smallest absolute Gasteiger partial charge is 0.248 e. The Hall–Kier alpha value is -2.67. The number of nitrogens with two attached hydrogens (primary N) is 1. The molecule has 0 unspecified atom stereocenters. The van der Waals surface area contributed by atoms with E-state index in [0.717, 1.165) is 30.8 Å². The van der Waals surface area contributed by atoms with Gasteiger partial charge >= 0.3 is 0 Å². The van der Waals surface area contributed by atoms with Gasteiger partial charge in [0.05, 0.1) is 12.1 Å². The summed E-state index contributed by atoms with van der Waals surface area (Å²) in [5, 5.41) is 6.69. The molecule has 1 saturated heterocycles. The fraction of sp³-hybridized carbons (Fsp3) is 0.450. The van der Waals surface area contributed by atoms with E-state index in [4.69, 9.17) is 10.5 Å². The summed E-state index contributed by atoms with van der Waals surface area (Å²) in [5.74, 6) is 1.32. The number of hydrogen-bond acceptors (Lipinski definition) is 6. The van der Waals surface area contributed by atoms with Crippen LogP contribution in [0, 0.1) is 5.92 Å². The zero-order chi connectivity index (χ0) is 19.2. The fourth-order valence-corrected chi connectivity index (χ4v) is 3.34. The lowest BCUT2D eigenvalue weighted by molar-refractivity contribution is -0.0203. The molecule has 7 nitrogen and oxygen atoms in total. The molecule has 1 fully saturated rings. The van der Waals surface area contributed by atoms with Crippen LogP contribution in [-0.2, 0) is 11.3 Å². The summed E-state index contributed by atoms with van der Waals surface area (Å²) >= 11 is 0. The van der Waals surface area contributed by atoms with Crippen molar-refractivity contribution >= 4 is 17.7 Å². The van der Waals surface area contributed by atoms with E-state index in [9.17, 15) is 4.79 Å². The Morgan fingerprint density at radius 3 is 3.00 bits per heavy atom. The third kappa shape index (κ3) is 5.17. The highest BCUT2D eigenvalue weighted by Gasteiger charge is 2.28. The van der Waals surface area contributed by atoms with Gasteiger partial charge in [-0.3, -0.25) is 4.79 Å². The minimum absolute atomic E-state index is 0.182. The molecule has 0 saturated carbocycles. The molecule has 1 aromatic carbocycles. The first-order valence-electron chi connectivity index (χ1n) is 9.36. The van der Waals surface area contributed by atoms with Gasteiger partial charge in [-0.1, -0.05) is 26.0 Å². The van der Waals surface area contributed by atoms with E-state index in [0.29, 0.717) is 24.0 Å². The van der Waals surface area contributed by atoms with E-state index in [2.05, 4.69) is 34.4 Å². The first-order valence-corrected chi connectivity index (χ1v) is 9.36. The predicted octanol–water partition coefficient (Wildman–Crippen LogP) is 2.80. The van der Waals surface area contributed by atoms with Crippen molar-refractivity contribution in [1.82, 2.24) is 9.97 Å². The highest BCUT2D eigenvalue weighted by atomic mass is 16.5. The van der Waals surface area contributed by atoms with E-state index in [1.54, 1.807) is 18.3 Å². The van der Waals surface area contributed by atoms with Crippen LogP contribution >= 0.6 is 0 Å². The standard InChI is InChI=1S/C20H27N5O2/c1-13(2)18-16(7-4-10-27-18)24-17-8-9-22-20(25-17)23-12-14-5-3-6-15(11-14)19(21)26/h3,5-6,8-9,11,13,16,18H,4,7,10,12H2,1-2H3,(H2,21,26)(H2,22,23,24,25)/t16-,18-/m1/s1. The second-order valence-electron chi connectivity index (χ2n) is 7.16. The molecular formula is C20H27N5O2. The topological polar surface area (TPSA) is 102 Å². The molecule has 27 heavy (non-hydrogen) atoms. The molecule has 3 rings (SSSR count). The van der Waals surface area contributed by atoms with Crippen LogP contribution in [0.15, 0.2) is 36.5 Å². The van der Waals surface area contributed by atoms with Gasteiger partial charge in [-0.25, -0.2) is 4.98 Å². The van der Waals surface area contributed by atoms with E-state index < -0.39 is 5.91 Å². The molecule has 4 N–H and O–H groups in total. The first kappa shape index (κ1) is 19.1. The average molecular weight is 369 g/mol. The van der Waals surface area contributed by atoms with Crippen LogP contribution in [0.25, 0.3) is 0 Å². The van der Waals surface area contributed by atoms with Gasteiger partial charge in [0.1, 0.15) is 5.82 Å². The summed E-state index contributed by atoms with van der Waals surface area (Å²) in [6, 6.07) is 9.31. The molecule has 144 valence electrons. The summed E-state index contributed by atoms with van der Waals surface area (Å²) in [4.78, 5) is 20.1. The fourth-order valence-electron chi connectivity index (χ4n) is 3.34. The number of primary amides is 1. The van der Waals surface area contributed by atoms with Crippen molar-refractivity contribution < 1.29 is 9.53 Å². The average Bonchev–Trinajstić information content (AvgIpc) is 2.67. The maximum absolute atomic E-state index is 11.3. The normalized spacial score (nSPS) is 19.7. The number of nitrogens with one attached hydrogen (secondary N) is 2. The number of amides is 1. The van der Waals surface area contributed by atoms with Crippen molar-refractivity contribution in [3.8, 4) is 0 Å². The number of rotatable bonds is 7. The highest BCUT2D eigenvalue weighted by Crippen LogP contribution is 2.23. The Morgan fingerprint density at radius 1 is 1.37 bits per heavy atom. The predicted molar refractivity (Wildman–Crippen MR) is 106 cm³/mol. The molecule has 1 amide bonds. The molecule has 2 aromatic rings. The van der Waals surface area contributed by atoms with Crippen molar-refractivity contribution in [3.05, 3.63) is 47.7 Å². The van der Waals surface area contributed by atoms with Crippen LogP contribution in [-0.4, -0.2) is 34.6 Å². The van der Waals surface area contributed by atoms with Crippen LogP contribution in [0.3, 0.4) is 0 Å². The molecule has 1 aliphatic rings. The Morgan fingerprint density at radius 2 is 2.22 bits per heavy atom. The first-order chi connectivity index (χ1) is 13.0. The van der Waals surface area contributed by atoms with Crippen molar-refractivity contribution in [2.24, 2.45) is 11.7 Å². The number of benzene rings is 1. The number of nitrogens with zero attached hydrogens (tertiary/aromatic N) is 2. The monoisotopic (exact) mass is 369 g/mol. The number of aromatic nitrogens is 2. The van der Waals surface area contributed by atoms with Gasteiger partial charge in [0.2, 0.25) is 11.9 Å². The Balaban J connectivity index is 1.63. The number of ether oxygens (including phenoxy) is 1. The molecule has 0 spiro atoms. The van der Waals surface area contributed by atoms with Gasteiger partial charge in [0, 0.05) is 24.9 Å². The summed E-state index contributed by atoms with van der Waals surface area (Å²) in [7, 11) is 0. The lowest BCUT2D eigenvalue weighted by atomic mass is 9.94. The number of hydrogen-bond donors (Lipinski definition) is 3. The molecule has 0 radical (unpaired) electrons. The number of anilines is 2. The zero-order valence-electron chi connectivity index (χ0n) is 15.8. The highest BCUT2D eigenvalue weighted by molar-refractivity contribution is 5.92. The Bertz CT molecular complexity index is 780. The largest absolute Gasteiger partial charge is 0.376 e. The van der Waals surface area contributed by atoms with Crippen molar-refractivity contribution in [2.45, 2.75) is 45.4 Å². The Labute approximate surface area is 159 Å². The van der Waals surface area contributed by atoms with E-state index in [1.165, 1.54) is 0 Å². The van der Waals surface area contributed by atoms with Crippen molar-refractivity contribution in [3.63, 3.8) is 0 Å². The van der Waals surface area contributed by atoms with Crippen LogP contribution in [0.4, 0.5) is 11.8 Å². The van der Waals surface area contributed by atoms with Crippen LogP contribution in [0.1, 0.15) is 42.6 Å². The number of carbonyl (C=O) groups excluding carboxylic acids is 1. The second-order valence-corrected chi connectivity index (χ2v) is 7.16. The third-order valence-corrected chi connectivity index (χ3v) is 4.67. The third-order valence-electron chi connectivity index (χ3n) is 4.67. The van der Waals surface area contributed by atoms with Gasteiger partial charge in [0.25, 0.3) is 0 Å². The second kappa shape index (κ2) is 8.81. The summed E-state index contributed by atoms with van der Waals surface area (Å²) < 4.78 is 5.93. The van der Waals surface area contributed by atoms with E-state index in [-0.39, 0.29) is 12.1 Å². The summed E-state index contributed by atoms with van der Waals surface area (Å²) in [6.07, 6.45) is 4.02. The van der Waals surface area contributed by atoms with Gasteiger partial charge in [-0.05, 0) is 42.5 Å². The molecule has 1 aromatic heterocycles. The van der Waals surface area contributed by atoms with Crippen molar-refractivity contribution in [2.75, 3.05) is 17.2 Å². The van der Waals surface area contributed by atoms with E-state index >= 15 is 0 Å². The maximum Gasteiger partial charge on any atom is 0.248 e. The van der Waals surface area contributed by atoms with Gasteiger partial charge < -0.3 is 21.1 Å². The molecular weight excluding hydrogens is 342 g/mol. The quantitative estimate of drug-likeness (QED) is 0.694. The lowest BCUT2D eigenvalue weighted by Gasteiger charge is -2.35. The molecule has 0 bridgehead atoms. The van der Waals surface area contributed by atoms with Crippen LogP contribution in [0.5, 0.6) is 0 Å². The minimum atomic E-state index is -0.436. The van der Waals surface area contributed by atoms with Crippen molar-refractivity contribution in [1.29, 1.82) is 0 Å². The molecule has 2 atom stereocenters. The summed E-state index contributed by atoms with van der Waals surface area (Å²) in [5.41, 5.74) is 6.76. The van der Waals surface area contributed by atoms with Gasteiger partial charge in [-0.2, -0.15) is 4.98 Å². The lowest BCUT2D eigenvalue weighted by Crippen LogP contribution is -2.43. The van der Waals surface area contributed by atoms with E-state index in [1.807, 2.05) is 18.2 Å². The van der Waals surface area contributed by atoms with Crippen LogP contribution < -0.4 is 16.4 Å². The molecule has 7 heteroatoms. The SMILES string of the molecule is CC(C)[C@H]1OCCC[C@H]1Nc1ccnc(NCc2cccc(C(N)=O)c2)n1. The van der Waals surface area contributed by atoms with Gasteiger partial charge in [-0.15, -0.1) is 0 Å². The zero-order valence-corrected chi connectivity index (χ0v) is 15.8. The Kier molecular flexibility index (Phi) is 6.24. The molecule has 0 aliphatic carbocycles. The summed E-state index contributed by atoms with van der Waals surface area (Å²) in [6.45, 7) is 5.68.